The van der Waals surface area contributed by atoms with E-state index in [9.17, 15) is 18.4 Å². The predicted molar refractivity (Wildman–Crippen MR) is 137 cm³/mol. The second kappa shape index (κ2) is 11.7. The van der Waals surface area contributed by atoms with Gasteiger partial charge in [0, 0.05) is 11.6 Å². The number of rotatable bonds is 9. The molecule has 0 radical (unpaired) electrons. The fourth-order valence-electron chi connectivity index (χ4n) is 3.68. The first kappa shape index (κ1) is 25.9. The van der Waals surface area contributed by atoms with Crippen molar-refractivity contribution in [2.75, 3.05) is 6.54 Å². The standard InChI is InChI=1S/C29H22ClF2NO4/c30-23-10-12-27(37-17-19-3-11-25(31)26(32)15-19)24(16-23)28(34)33-14-13-18-1-4-20(5-2-18)21-6-8-22(9-7-21)29(35)36/h1-12,15-16H,13-14,17H2,(H,33,34)(H,35,36). The molecule has 0 heterocycles. The molecule has 0 aromatic heterocycles. The molecule has 8 heteroatoms. The Morgan fingerprint density at radius 1 is 0.811 bits per heavy atom. The molecule has 0 aliphatic heterocycles. The summed E-state index contributed by atoms with van der Waals surface area (Å²) in [7, 11) is 0. The molecular formula is C29H22ClF2NO4. The lowest BCUT2D eigenvalue weighted by Gasteiger charge is -2.13. The predicted octanol–water partition coefficient (Wildman–Crippen LogP) is 6.53. The van der Waals surface area contributed by atoms with Crippen molar-refractivity contribution in [3.05, 3.63) is 124 Å². The summed E-state index contributed by atoms with van der Waals surface area (Å²) in [6, 6.07) is 22.5. The molecule has 4 aromatic carbocycles. The summed E-state index contributed by atoms with van der Waals surface area (Å²) >= 11 is 6.08. The number of amides is 1. The number of halogens is 3. The highest BCUT2D eigenvalue weighted by Crippen LogP contribution is 2.25. The van der Waals surface area contributed by atoms with Crippen LogP contribution in [0.15, 0.2) is 84.9 Å². The number of hydrogen-bond acceptors (Lipinski definition) is 3. The Balaban J connectivity index is 1.35. The van der Waals surface area contributed by atoms with Crippen LogP contribution in [0.5, 0.6) is 5.75 Å². The van der Waals surface area contributed by atoms with Gasteiger partial charge in [0.05, 0.1) is 11.1 Å². The smallest absolute Gasteiger partial charge is 0.335 e. The fourth-order valence-corrected chi connectivity index (χ4v) is 3.85. The number of ether oxygens (including phenoxy) is 1. The first-order valence-electron chi connectivity index (χ1n) is 11.4. The van der Waals surface area contributed by atoms with Crippen molar-refractivity contribution in [3.8, 4) is 16.9 Å². The highest BCUT2D eigenvalue weighted by atomic mass is 35.5. The molecule has 4 rings (SSSR count). The van der Waals surface area contributed by atoms with Crippen LogP contribution in [0.25, 0.3) is 11.1 Å². The van der Waals surface area contributed by atoms with Gasteiger partial charge >= 0.3 is 5.97 Å². The number of carboxylic acids is 1. The van der Waals surface area contributed by atoms with E-state index in [2.05, 4.69) is 5.32 Å². The van der Waals surface area contributed by atoms with Crippen molar-refractivity contribution in [1.82, 2.24) is 5.32 Å². The van der Waals surface area contributed by atoms with Crippen LogP contribution in [-0.4, -0.2) is 23.5 Å². The van der Waals surface area contributed by atoms with E-state index in [1.54, 1.807) is 36.4 Å². The van der Waals surface area contributed by atoms with Crippen LogP contribution in [0.2, 0.25) is 5.02 Å². The molecule has 1 amide bonds. The quantitative estimate of drug-likeness (QED) is 0.262. The topological polar surface area (TPSA) is 75.6 Å². The van der Waals surface area contributed by atoms with Crippen LogP contribution >= 0.6 is 11.6 Å². The summed E-state index contributed by atoms with van der Waals surface area (Å²) < 4.78 is 32.3. The van der Waals surface area contributed by atoms with E-state index in [1.807, 2.05) is 24.3 Å². The SMILES string of the molecule is O=C(O)c1ccc(-c2ccc(CCNC(=O)c3cc(Cl)ccc3OCc3ccc(F)c(F)c3)cc2)cc1. The zero-order valence-electron chi connectivity index (χ0n) is 19.5. The molecule has 0 saturated carbocycles. The molecule has 37 heavy (non-hydrogen) atoms. The van der Waals surface area contributed by atoms with Gasteiger partial charge in [0.25, 0.3) is 5.91 Å². The van der Waals surface area contributed by atoms with E-state index < -0.39 is 17.6 Å². The Bertz CT molecular complexity index is 1420. The molecular weight excluding hydrogens is 500 g/mol. The molecule has 0 spiro atoms. The van der Waals surface area contributed by atoms with Crippen molar-refractivity contribution < 1.29 is 28.2 Å². The summed E-state index contributed by atoms with van der Waals surface area (Å²) in [5, 5.41) is 12.2. The molecule has 0 bridgehead atoms. The van der Waals surface area contributed by atoms with Crippen molar-refractivity contribution >= 4 is 23.5 Å². The molecule has 2 N–H and O–H groups in total. The van der Waals surface area contributed by atoms with E-state index in [1.165, 1.54) is 12.1 Å². The average molecular weight is 522 g/mol. The number of benzene rings is 4. The highest BCUT2D eigenvalue weighted by Gasteiger charge is 2.14. The molecule has 4 aromatic rings. The van der Waals surface area contributed by atoms with Crippen molar-refractivity contribution in [1.29, 1.82) is 0 Å². The van der Waals surface area contributed by atoms with Crippen molar-refractivity contribution in [3.63, 3.8) is 0 Å². The third kappa shape index (κ3) is 6.71. The van der Waals surface area contributed by atoms with Gasteiger partial charge in [-0.15, -0.1) is 0 Å². The molecule has 0 unspecified atom stereocenters. The molecule has 0 atom stereocenters. The Morgan fingerprint density at radius 3 is 2.11 bits per heavy atom. The number of hydrogen-bond donors (Lipinski definition) is 2. The zero-order chi connectivity index (χ0) is 26.4. The summed E-state index contributed by atoms with van der Waals surface area (Å²) in [6.45, 7) is 0.311. The molecule has 0 aliphatic rings. The minimum Gasteiger partial charge on any atom is -0.488 e. The molecule has 5 nitrogen and oxygen atoms in total. The van der Waals surface area contributed by atoms with Crippen molar-refractivity contribution in [2.45, 2.75) is 13.0 Å². The highest BCUT2D eigenvalue weighted by molar-refractivity contribution is 6.31. The van der Waals surface area contributed by atoms with Gasteiger partial charge in [-0.2, -0.15) is 0 Å². The average Bonchev–Trinajstić information content (AvgIpc) is 2.90. The maximum Gasteiger partial charge on any atom is 0.335 e. The first-order chi connectivity index (χ1) is 17.8. The van der Waals surface area contributed by atoms with Gasteiger partial charge in [-0.3, -0.25) is 4.79 Å². The van der Waals surface area contributed by atoms with Gasteiger partial charge in [0.2, 0.25) is 0 Å². The maximum atomic E-state index is 13.5. The third-order valence-electron chi connectivity index (χ3n) is 5.68. The van der Waals surface area contributed by atoms with Gasteiger partial charge in [-0.1, -0.05) is 54.1 Å². The summed E-state index contributed by atoms with van der Waals surface area (Å²) in [4.78, 5) is 23.8. The second-order valence-corrected chi connectivity index (χ2v) is 8.70. The number of aromatic carboxylic acids is 1. The maximum absolute atomic E-state index is 13.5. The number of nitrogens with one attached hydrogen (secondary N) is 1. The van der Waals surface area contributed by atoms with E-state index in [-0.39, 0.29) is 29.4 Å². The Morgan fingerprint density at radius 2 is 1.46 bits per heavy atom. The molecule has 0 saturated heterocycles. The largest absolute Gasteiger partial charge is 0.488 e. The van der Waals surface area contributed by atoms with E-state index in [4.69, 9.17) is 21.4 Å². The van der Waals surface area contributed by atoms with E-state index >= 15 is 0 Å². The lowest BCUT2D eigenvalue weighted by molar-refractivity contribution is 0.0696. The minimum absolute atomic E-state index is 0.0511. The summed E-state index contributed by atoms with van der Waals surface area (Å²) in [5.74, 6) is -3.00. The normalized spacial score (nSPS) is 10.7. The van der Waals surface area contributed by atoms with Gasteiger partial charge in [0.15, 0.2) is 11.6 Å². The van der Waals surface area contributed by atoms with Gasteiger partial charge in [-0.05, 0) is 71.1 Å². The fraction of sp³-hybridized carbons (Fsp3) is 0.103. The monoisotopic (exact) mass is 521 g/mol. The zero-order valence-corrected chi connectivity index (χ0v) is 20.3. The number of carbonyl (C=O) groups excluding carboxylic acids is 1. The van der Waals surface area contributed by atoms with Crippen LogP contribution in [0.4, 0.5) is 8.78 Å². The number of carbonyl (C=O) groups is 2. The van der Waals surface area contributed by atoms with Gasteiger partial charge in [-0.25, -0.2) is 13.6 Å². The Kier molecular flexibility index (Phi) is 8.15. The van der Waals surface area contributed by atoms with E-state index in [0.717, 1.165) is 28.8 Å². The molecule has 188 valence electrons. The van der Waals surface area contributed by atoms with Crippen LogP contribution in [-0.2, 0) is 13.0 Å². The van der Waals surface area contributed by atoms with E-state index in [0.29, 0.717) is 23.6 Å². The molecule has 0 fully saturated rings. The third-order valence-corrected chi connectivity index (χ3v) is 5.92. The number of carboxylic acid groups (broad SMARTS) is 1. The van der Waals surface area contributed by atoms with Crippen molar-refractivity contribution in [2.24, 2.45) is 0 Å². The molecule has 0 aliphatic carbocycles. The lowest BCUT2D eigenvalue weighted by atomic mass is 10.0. The van der Waals surface area contributed by atoms with Crippen LogP contribution in [0, 0.1) is 11.6 Å². The summed E-state index contributed by atoms with van der Waals surface area (Å²) in [5.41, 5.74) is 3.74. The second-order valence-electron chi connectivity index (χ2n) is 8.26. The van der Waals surface area contributed by atoms with Gasteiger partial charge < -0.3 is 15.2 Å². The minimum atomic E-state index is -0.973. The first-order valence-corrected chi connectivity index (χ1v) is 11.7. The van der Waals surface area contributed by atoms with Crippen LogP contribution in [0.3, 0.4) is 0 Å². The lowest BCUT2D eigenvalue weighted by Crippen LogP contribution is -2.26. The Hall–Kier alpha value is -4.23. The van der Waals surface area contributed by atoms with Gasteiger partial charge in [0.1, 0.15) is 12.4 Å². The van der Waals surface area contributed by atoms with Crippen LogP contribution in [0.1, 0.15) is 31.8 Å². The van der Waals surface area contributed by atoms with Crippen LogP contribution < -0.4 is 10.1 Å². The summed E-state index contributed by atoms with van der Waals surface area (Å²) in [6.07, 6.45) is 0.579. The Labute approximate surface area is 217 Å².